The van der Waals surface area contributed by atoms with E-state index in [4.69, 9.17) is 4.42 Å². The summed E-state index contributed by atoms with van der Waals surface area (Å²) in [7, 11) is 0. The van der Waals surface area contributed by atoms with Crippen LogP contribution in [0.15, 0.2) is 205 Å². The number of anilines is 3. The first kappa shape index (κ1) is 30.0. The highest BCUT2D eigenvalue weighted by molar-refractivity contribution is 6.09. The van der Waals surface area contributed by atoms with Crippen molar-refractivity contribution >= 4 is 60.3 Å². The lowest BCUT2D eigenvalue weighted by atomic mass is 9.97. The van der Waals surface area contributed by atoms with Crippen LogP contribution in [0.3, 0.4) is 0 Å². The molecule has 244 valence electrons. The van der Waals surface area contributed by atoms with Gasteiger partial charge in [0, 0.05) is 33.6 Å². The largest absolute Gasteiger partial charge is 0.455 e. The van der Waals surface area contributed by atoms with Crippen LogP contribution in [0.2, 0.25) is 0 Å². The van der Waals surface area contributed by atoms with Gasteiger partial charge in [-0.1, -0.05) is 158 Å². The molecular weight excluding hydrogens is 631 g/mol. The minimum atomic E-state index is 0.866. The fourth-order valence-corrected chi connectivity index (χ4v) is 7.78. The van der Waals surface area contributed by atoms with E-state index in [2.05, 4.69) is 199 Å². The molecule has 2 nitrogen and oxygen atoms in total. The lowest BCUT2D eigenvalue weighted by Gasteiger charge is -2.26. The quantitative estimate of drug-likeness (QED) is 0.165. The van der Waals surface area contributed by atoms with Crippen molar-refractivity contribution < 1.29 is 4.42 Å². The number of para-hydroxylation sites is 1. The zero-order chi connectivity index (χ0) is 34.4. The lowest BCUT2D eigenvalue weighted by Crippen LogP contribution is -2.10. The highest BCUT2D eigenvalue weighted by Gasteiger charge is 2.20. The fourth-order valence-electron chi connectivity index (χ4n) is 7.78. The molecular formula is C50H33NO. The van der Waals surface area contributed by atoms with Crippen molar-refractivity contribution in [2.75, 3.05) is 4.90 Å². The van der Waals surface area contributed by atoms with Gasteiger partial charge in [-0.15, -0.1) is 0 Å². The SMILES string of the molecule is c1ccc(-c2c(-c3cccc(N(c4ccc(-c5cccc6ccccc56)cc4)c4ccc5c(ccc6ccccc65)c4)c3)oc3ccccc23)cc1. The predicted molar refractivity (Wildman–Crippen MR) is 220 cm³/mol. The molecule has 10 rings (SSSR count). The molecule has 0 aliphatic heterocycles. The van der Waals surface area contributed by atoms with Gasteiger partial charge in [-0.3, -0.25) is 0 Å². The second kappa shape index (κ2) is 12.5. The van der Waals surface area contributed by atoms with Crippen molar-refractivity contribution in [1.29, 1.82) is 0 Å². The Bertz CT molecular complexity index is 2900. The number of hydrogen-bond acceptors (Lipinski definition) is 2. The Morgan fingerprint density at radius 1 is 0.327 bits per heavy atom. The molecule has 0 spiro atoms. The Hall–Kier alpha value is -6.90. The normalized spacial score (nSPS) is 11.5. The van der Waals surface area contributed by atoms with Gasteiger partial charge in [-0.2, -0.15) is 0 Å². The van der Waals surface area contributed by atoms with E-state index in [-0.39, 0.29) is 0 Å². The summed E-state index contributed by atoms with van der Waals surface area (Å²) >= 11 is 0. The molecule has 0 amide bonds. The molecule has 0 saturated heterocycles. The fraction of sp³-hybridized carbons (Fsp3) is 0. The van der Waals surface area contributed by atoms with Crippen molar-refractivity contribution in [3.05, 3.63) is 200 Å². The first-order valence-corrected chi connectivity index (χ1v) is 17.8. The molecule has 0 bridgehead atoms. The number of rotatable bonds is 6. The van der Waals surface area contributed by atoms with Crippen molar-refractivity contribution in [2.24, 2.45) is 0 Å². The number of fused-ring (bicyclic) bond motifs is 5. The maximum atomic E-state index is 6.67. The highest BCUT2D eigenvalue weighted by atomic mass is 16.3. The van der Waals surface area contributed by atoms with Gasteiger partial charge in [0.1, 0.15) is 11.3 Å². The molecule has 1 heterocycles. The van der Waals surface area contributed by atoms with E-state index in [0.29, 0.717) is 0 Å². The van der Waals surface area contributed by atoms with Gasteiger partial charge in [-0.25, -0.2) is 0 Å². The molecule has 0 N–H and O–H groups in total. The van der Waals surface area contributed by atoms with Gasteiger partial charge in [0.25, 0.3) is 0 Å². The zero-order valence-electron chi connectivity index (χ0n) is 28.4. The maximum absolute atomic E-state index is 6.67. The van der Waals surface area contributed by atoms with E-state index < -0.39 is 0 Å². The van der Waals surface area contributed by atoms with Crippen LogP contribution in [0, 0.1) is 0 Å². The summed E-state index contributed by atoms with van der Waals surface area (Å²) in [5, 5.41) is 8.56. The summed E-state index contributed by atoms with van der Waals surface area (Å²) in [6.45, 7) is 0. The molecule has 0 saturated carbocycles. The van der Waals surface area contributed by atoms with E-state index in [1.54, 1.807) is 0 Å². The summed E-state index contributed by atoms with van der Waals surface area (Å²) in [6.07, 6.45) is 0. The van der Waals surface area contributed by atoms with Crippen molar-refractivity contribution in [3.8, 4) is 33.6 Å². The molecule has 0 aliphatic rings. The Balaban J connectivity index is 1.14. The molecule has 2 heteroatoms. The van der Waals surface area contributed by atoms with Crippen LogP contribution in [-0.4, -0.2) is 0 Å². The number of furan rings is 1. The lowest BCUT2D eigenvalue weighted by molar-refractivity contribution is 0.632. The standard InChI is InChI=1S/C50H33NO/c1-2-14-37(15-3-1)49-47-21-8-9-23-48(47)52-50(49)39-17-10-18-41(33-39)51(42-30-31-46-38(32-42)25-24-35-13-5-7-20-44(35)46)40-28-26-36(27-29-40)45-22-11-16-34-12-4-6-19-43(34)45/h1-33H. The van der Waals surface area contributed by atoms with Crippen molar-refractivity contribution in [3.63, 3.8) is 0 Å². The van der Waals surface area contributed by atoms with Crippen molar-refractivity contribution in [1.82, 2.24) is 0 Å². The average Bonchev–Trinajstić information content (AvgIpc) is 3.61. The number of benzene rings is 9. The number of nitrogens with zero attached hydrogens (tertiary/aromatic N) is 1. The summed E-state index contributed by atoms with van der Waals surface area (Å²) in [5.74, 6) is 0.866. The van der Waals surface area contributed by atoms with Gasteiger partial charge in [-0.05, 0) is 91.5 Å². The minimum Gasteiger partial charge on any atom is -0.455 e. The van der Waals surface area contributed by atoms with Gasteiger partial charge in [0.05, 0.1) is 0 Å². The van der Waals surface area contributed by atoms with Gasteiger partial charge in [0.2, 0.25) is 0 Å². The second-order valence-corrected chi connectivity index (χ2v) is 13.3. The van der Waals surface area contributed by atoms with E-state index in [1.807, 2.05) is 6.07 Å². The third-order valence-electron chi connectivity index (χ3n) is 10.2. The third-order valence-corrected chi connectivity index (χ3v) is 10.2. The van der Waals surface area contributed by atoms with E-state index in [0.717, 1.165) is 50.5 Å². The summed E-state index contributed by atoms with van der Waals surface area (Å²) in [6, 6.07) is 71.6. The smallest absolute Gasteiger partial charge is 0.143 e. The van der Waals surface area contributed by atoms with Gasteiger partial charge in [0.15, 0.2) is 0 Å². The summed E-state index contributed by atoms with van der Waals surface area (Å²) < 4.78 is 6.67. The first-order chi connectivity index (χ1) is 25.8. The summed E-state index contributed by atoms with van der Waals surface area (Å²) in [5.41, 5.74) is 9.78. The Labute approximate surface area is 302 Å². The molecule has 9 aromatic carbocycles. The predicted octanol–water partition coefficient (Wildman–Crippen LogP) is 14.4. The molecule has 0 fully saturated rings. The average molecular weight is 664 g/mol. The minimum absolute atomic E-state index is 0.866. The van der Waals surface area contributed by atoms with Gasteiger partial charge >= 0.3 is 0 Å². The van der Waals surface area contributed by atoms with Crippen LogP contribution in [0.5, 0.6) is 0 Å². The van der Waals surface area contributed by atoms with Crippen LogP contribution in [0.25, 0.3) is 76.9 Å². The van der Waals surface area contributed by atoms with Crippen LogP contribution >= 0.6 is 0 Å². The molecule has 10 aromatic rings. The van der Waals surface area contributed by atoms with Crippen LogP contribution in [0.4, 0.5) is 17.1 Å². The van der Waals surface area contributed by atoms with Gasteiger partial charge < -0.3 is 9.32 Å². The Kier molecular flexibility index (Phi) is 7.18. The molecule has 0 atom stereocenters. The van der Waals surface area contributed by atoms with E-state index in [1.165, 1.54) is 43.4 Å². The van der Waals surface area contributed by atoms with Crippen LogP contribution in [0.1, 0.15) is 0 Å². The van der Waals surface area contributed by atoms with E-state index >= 15 is 0 Å². The van der Waals surface area contributed by atoms with Crippen LogP contribution in [-0.2, 0) is 0 Å². The van der Waals surface area contributed by atoms with E-state index in [9.17, 15) is 0 Å². The van der Waals surface area contributed by atoms with Crippen molar-refractivity contribution in [2.45, 2.75) is 0 Å². The highest BCUT2D eigenvalue weighted by Crippen LogP contribution is 2.44. The molecule has 0 radical (unpaired) electrons. The maximum Gasteiger partial charge on any atom is 0.143 e. The number of hydrogen-bond donors (Lipinski definition) is 0. The Morgan fingerprint density at radius 2 is 0.923 bits per heavy atom. The zero-order valence-corrected chi connectivity index (χ0v) is 28.4. The topological polar surface area (TPSA) is 16.4 Å². The summed E-state index contributed by atoms with van der Waals surface area (Å²) in [4.78, 5) is 2.36. The monoisotopic (exact) mass is 663 g/mol. The molecule has 0 aliphatic carbocycles. The van der Waals surface area contributed by atoms with Crippen LogP contribution < -0.4 is 4.90 Å². The Morgan fingerprint density at radius 3 is 1.77 bits per heavy atom. The second-order valence-electron chi connectivity index (χ2n) is 13.3. The molecule has 0 unspecified atom stereocenters. The third kappa shape index (κ3) is 5.12. The molecule has 1 aromatic heterocycles. The first-order valence-electron chi connectivity index (χ1n) is 17.8. The molecule has 52 heavy (non-hydrogen) atoms.